The maximum atomic E-state index is 12.3. The van der Waals surface area contributed by atoms with E-state index in [1.54, 1.807) is 18.2 Å². The Morgan fingerprint density at radius 3 is 2.52 bits per heavy atom. The SMILES string of the molecule is COc1ccc(S(=O)(=O)N(C)C)cc1NC(=O)COC(=O)c1ccc2ccccc2n1. The molecule has 2 aromatic carbocycles. The smallest absolute Gasteiger partial charge is 0.357 e. The summed E-state index contributed by atoms with van der Waals surface area (Å²) in [5.41, 5.74) is 0.837. The lowest BCUT2D eigenvalue weighted by molar-refractivity contribution is -0.119. The van der Waals surface area contributed by atoms with Crippen LogP contribution in [0.1, 0.15) is 10.5 Å². The number of benzene rings is 2. The average molecular weight is 443 g/mol. The molecular weight excluding hydrogens is 422 g/mol. The van der Waals surface area contributed by atoms with Crippen LogP contribution in [0.5, 0.6) is 5.75 Å². The molecule has 1 heterocycles. The number of ether oxygens (including phenoxy) is 2. The third kappa shape index (κ3) is 4.98. The molecule has 0 atom stereocenters. The molecular formula is C21H21N3O6S. The maximum absolute atomic E-state index is 12.3. The Morgan fingerprint density at radius 2 is 1.81 bits per heavy atom. The zero-order valence-electron chi connectivity index (χ0n) is 17.2. The lowest BCUT2D eigenvalue weighted by atomic mass is 10.2. The molecule has 0 bridgehead atoms. The fourth-order valence-corrected chi connectivity index (χ4v) is 3.66. The average Bonchev–Trinajstić information content (AvgIpc) is 2.76. The van der Waals surface area contributed by atoms with E-state index in [1.165, 1.54) is 45.5 Å². The Morgan fingerprint density at radius 1 is 1.06 bits per heavy atom. The van der Waals surface area contributed by atoms with Gasteiger partial charge in [-0.15, -0.1) is 0 Å². The number of methoxy groups -OCH3 is 1. The minimum Gasteiger partial charge on any atom is -0.495 e. The van der Waals surface area contributed by atoms with Crippen molar-refractivity contribution in [1.29, 1.82) is 0 Å². The predicted molar refractivity (Wildman–Crippen MR) is 115 cm³/mol. The third-order valence-electron chi connectivity index (χ3n) is 4.37. The van der Waals surface area contributed by atoms with Crippen LogP contribution in [-0.2, 0) is 19.6 Å². The number of nitrogens with zero attached hydrogens (tertiary/aromatic N) is 2. The number of pyridine rings is 1. The number of amides is 1. The lowest BCUT2D eigenvalue weighted by Gasteiger charge is -2.15. The van der Waals surface area contributed by atoms with Crippen LogP contribution in [0.25, 0.3) is 10.9 Å². The largest absolute Gasteiger partial charge is 0.495 e. The zero-order chi connectivity index (χ0) is 22.6. The normalized spacial score (nSPS) is 11.4. The molecule has 1 aromatic heterocycles. The van der Waals surface area contributed by atoms with E-state index in [0.29, 0.717) is 5.52 Å². The molecule has 0 aliphatic heterocycles. The molecule has 10 heteroatoms. The highest BCUT2D eigenvalue weighted by molar-refractivity contribution is 7.89. The van der Waals surface area contributed by atoms with Crippen molar-refractivity contribution in [1.82, 2.24) is 9.29 Å². The van der Waals surface area contributed by atoms with E-state index in [0.717, 1.165) is 9.69 Å². The number of aromatic nitrogens is 1. The van der Waals surface area contributed by atoms with Gasteiger partial charge in [0.05, 0.1) is 23.2 Å². The van der Waals surface area contributed by atoms with E-state index in [9.17, 15) is 18.0 Å². The summed E-state index contributed by atoms with van der Waals surface area (Å²) in [5.74, 6) is -1.16. The van der Waals surface area contributed by atoms with Crippen LogP contribution in [-0.4, -0.2) is 57.4 Å². The summed E-state index contributed by atoms with van der Waals surface area (Å²) in [4.78, 5) is 28.8. The van der Waals surface area contributed by atoms with Crippen molar-refractivity contribution in [2.45, 2.75) is 4.90 Å². The Balaban J connectivity index is 1.70. The van der Waals surface area contributed by atoms with E-state index in [-0.39, 0.29) is 22.0 Å². The molecule has 1 N–H and O–H groups in total. The number of carbonyl (C=O) groups is 2. The number of anilines is 1. The molecule has 3 rings (SSSR count). The summed E-state index contributed by atoms with van der Waals surface area (Å²) in [7, 11) is 0.480. The maximum Gasteiger partial charge on any atom is 0.357 e. The van der Waals surface area contributed by atoms with Crippen LogP contribution in [0, 0.1) is 0 Å². The highest BCUT2D eigenvalue weighted by Crippen LogP contribution is 2.28. The van der Waals surface area contributed by atoms with E-state index >= 15 is 0 Å². The van der Waals surface area contributed by atoms with Gasteiger partial charge >= 0.3 is 5.97 Å². The molecule has 9 nitrogen and oxygen atoms in total. The lowest BCUT2D eigenvalue weighted by Crippen LogP contribution is -2.23. The number of hydrogen-bond donors (Lipinski definition) is 1. The summed E-state index contributed by atoms with van der Waals surface area (Å²) in [5, 5.41) is 3.38. The Bertz CT molecular complexity index is 1240. The molecule has 0 aliphatic carbocycles. The number of hydrogen-bond acceptors (Lipinski definition) is 7. The van der Waals surface area contributed by atoms with Gasteiger partial charge < -0.3 is 14.8 Å². The standard InChI is InChI=1S/C21H21N3O6S/c1-24(2)31(27,28)15-9-11-19(29-3)18(12-15)23-20(25)13-30-21(26)17-10-8-14-6-4-5-7-16(14)22-17/h4-12H,13H2,1-3H3,(H,23,25). The number of carbonyl (C=O) groups excluding carboxylic acids is 2. The first-order valence-corrected chi connectivity index (χ1v) is 10.6. The second kappa shape index (κ2) is 9.11. The van der Waals surface area contributed by atoms with Gasteiger partial charge in [0.1, 0.15) is 11.4 Å². The van der Waals surface area contributed by atoms with Gasteiger partial charge in [-0.2, -0.15) is 0 Å². The van der Waals surface area contributed by atoms with E-state index < -0.39 is 28.5 Å². The Labute approximate surface area is 179 Å². The number of fused-ring (bicyclic) bond motifs is 1. The Kier molecular flexibility index (Phi) is 6.52. The van der Waals surface area contributed by atoms with Crippen LogP contribution in [0.2, 0.25) is 0 Å². The van der Waals surface area contributed by atoms with Gasteiger partial charge in [0.15, 0.2) is 6.61 Å². The van der Waals surface area contributed by atoms with Crippen molar-refractivity contribution >= 4 is 38.5 Å². The molecule has 162 valence electrons. The van der Waals surface area contributed by atoms with Crippen LogP contribution in [0.4, 0.5) is 5.69 Å². The van der Waals surface area contributed by atoms with Crippen molar-refractivity contribution in [3.8, 4) is 5.75 Å². The molecule has 0 saturated carbocycles. The minimum atomic E-state index is -3.71. The molecule has 0 fully saturated rings. The molecule has 31 heavy (non-hydrogen) atoms. The van der Waals surface area contributed by atoms with Crippen LogP contribution in [0.3, 0.4) is 0 Å². The molecule has 0 saturated heterocycles. The van der Waals surface area contributed by atoms with Crippen LogP contribution >= 0.6 is 0 Å². The number of sulfonamides is 1. The van der Waals surface area contributed by atoms with Gasteiger partial charge in [0, 0.05) is 19.5 Å². The quantitative estimate of drug-likeness (QED) is 0.557. The second-order valence-electron chi connectivity index (χ2n) is 6.66. The summed E-state index contributed by atoms with van der Waals surface area (Å²) in [6, 6.07) is 14.6. The van der Waals surface area contributed by atoms with Gasteiger partial charge in [-0.1, -0.05) is 24.3 Å². The first-order chi connectivity index (χ1) is 14.7. The van der Waals surface area contributed by atoms with Crippen molar-refractivity contribution < 1.29 is 27.5 Å². The number of para-hydroxylation sites is 1. The highest BCUT2D eigenvalue weighted by Gasteiger charge is 2.20. The predicted octanol–water partition coefficient (Wildman–Crippen LogP) is 2.29. The Hall–Kier alpha value is -3.50. The van der Waals surface area contributed by atoms with Gasteiger partial charge in [0.2, 0.25) is 10.0 Å². The summed E-state index contributed by atoms with van der Waals surface area (Å²) in [6.07, 6.45) is 0. The zero-order valence-corrected chi connectivity index (χ0v) is 18.0. The molecule has 0 spiro atoms. The van der Waals surface area contributed by atoms with Gasteiger partial charge in [-0.25, -0.2) is 22.5 Å². The van der Waals surface area contributed by atoms with Crippen molar-refractivity contribution in [2.24, 2.45) is 0 Å². The minimum absolute atomic E-state index is 0.0223. The molecule has 3 aromatic rings. The molecule has 0 radical (unpaired) electrons. The van der Waals surface area contributed by atoms with Gasteiger partial charge in [-0.3, -0.25) is 4.79 Å². The fourth-order valence-electron chi connectivity index (χ4n) is 2.73. The number of rotatable bonds is 7. The first-order valence-electron chi connectivity index (χ1n) is 9.15. The van der Waals surface area contributed by atoms with E-state index in [1.807, 2.05) is 12.1 Å². The fraction of sp³-hybridized carbons (Fsp3) is 0.190. The highest BCUT2D eigenvalue weighted by atomic mass is 32.2. The number of esters is 1. The van der Waals surface area contributed by atoms with E-state index in [2.05, 4.69) is 10.3 Å². The van der Waals surface area contributed by atoms with Crippen molar-refractivity contribution in [3.05, 3.63) is 60.3 Å². The summed E-state index contributed by atoms with van der Waals surface area (Å²) in [6.45, 7) is -0.582. The second-order valence-corrected chi connectivity index (χ2v) is 8.81. The summed E-state index contributed by atoms with van der Waals surface area (Å²) < 4.78 is 35.9. The van der Waals surface area contributed by atoms with Gasteiger partial charge in [-0.05, 0) is 30.3 Å². The topological polar surface area (TPSA) is 115 Å². The van der Waals surface area contributed by atoms with Crippen molar-refractivity contribution in [3.63, 3.8) is 0 Å². The summed E-state index contributed by atoms with van der Waals surface area (Å²) >= 11 is 0. The van der Waals surface area contributed by atoms with Gasteiger partial charge in [0.25, 0.3) is 5.91 Å². The van der Waals surface area contributed by atoms with Crippen LogP contribution in [0.15, 0.2) is 59.5 Å². The molecule has 1 amide bonds. The van der Waals surface area contributed by atoms with E-state index in [4.69, 9.17) is 9.47 Å². The third-order valence-corrected chi connectivity index (χ3v) is 6.18. The monoisotopic (exact) mass is 443 g/mol. The van der Waals surface area contributed by atoms with Crippen molar-refractivity contribution in [2.75, 3.05) is 33.1 Å². The number of nitrogens with one attached hydrogen (secondary N) is 1. The first kappa shape index (κ1) is 22.2. The molecule has 0 aliphatic rings. The molecule has 0 unspecified atom stereocenters. The van der Waals surface area contributed by atoms with Crippen LogP contribution < -0.4 is 10.1 Å².